The highest BCUT2D eigenvalue weighted by molar-refractivity contribution is 14.1. The van der Waals surface area contributed by atoms with Gasteiger partial charge in [0.25, 0.3) is 5.91 Å². The second-order valence-corrected chi connectivity index (χ2v) is 8.98. The SMILES string of the molecule is CC(C)(C)NC(=O)CN1CCC(CNC(=O)c2cccc(I)c2)CC1. The number of halogens is 1. The average molecular weight is 457 g/mol. The summed E-state index contributed by atoms with van der Waals surface area (Å²) in [6.07, 6.45) is 2.02. The first kappa shape index (κ1) is 20.2. The van der Waals surface area contributed by atoms with Crippen LogP contribution < -0.4 is 10.6 Å². The maximum absolute atomic E-state index is 12.2. The highest BCUT2D eigenvalue weighted by Gasteiger charge is 2.22. The standard InChI is InChI=1S/C19H28IN3O2/c1-19(2,3)22-17(24)13-23-9-7-14(8-10-23)12-21-18(25)15-5-4-6-16(20)11-15/h4-6,11,14H,7-10,12-13H2,1-3H3,(H,21,25)(H,22,24). The van der Waals surface area contributed by atoms with Gasteiger partial charge in [-0.2, -0.15) is 0 Å². The van der Waals surface area contributed by atoms with Crippen molar-refractivity contribution in [1.29, 1.82) is 0 Å². The van der Waals surface area contributed by atoms with Gasteiger partial charge in [0.05, 0.1) is 6.54 Å². The van der Waals surface area contributed by atoms with E-state index in [4.69, 9.17) is 0 Å². The number of amides is 2. The topological polar surface area (TPSA) is 61.4 Å². The normalized spacial score (nSPS) is 16.5. The summed E-state index contributed by atoms with van der Waals surface area (Å²) in [5.41, 5.74) is 0.526. The van der Waals surface area contributed by atoms with Crippen molar-refractivity contribution >= 4 is 34.4 Å². The molecule has 0 unspecified atom stereocenters. The molecule has 1 aliphatic heterocycles. The molecule has 0 atom stereocenters. The first-order chi connectivity index (χ1) is 11.7. The number of piperidine rings is 1. The summed E-state index contributed by atoms with van der Waals surface area (Å²) in [6.45, 7) is 8.95. The van der Waals surface area contributed by atoms with Gasteiger partial charge in [-0.25, -0.2) is 0 Å². The van der Waals surface area contributed by atoms with Crippen LogP contribution in [-0.2, 0) is 4.79 Å². The Kier molecular flexibility index (Phi) is 7.25. The summed E-state index contributed by atoms with van der Waals surface area (Å²) in [4.78, 5) is 26.4. The van der Waals surface area contributed by atoms with E-state index in [2.05, 4.69) is 38.1 Å². The van der Waals surface area contributed by atoms with Gasteiger partial charge in [0.15, 0.2) is 0 Å². The van der Waals surface area contributed by atoms with Gasteiger partial charge in [-0.1, -0.05) is 6.07 Å². The molecule has 1 heterocycles. The van der Waals surface area contributed by atoms with Crippen molar-refractivity contribution in [1.82, 2.24) is 15.5 Å². The molecule has 0 aromatic heterocycles. The van der Waals surface area contributed by atoms with Crippen LogP contribution in [0.2, 0.25) is 0 Å². The van der Waals surface area contributed by atoms with E-state index < -0.39 is 0 Å². The number of hydrogen-bond acceptors (Lipinski definition) is 3. The predicted octanol–water partition coefficient (Wildman–Crippen LogP) is 2.65. The van der Waals surface area contributed by atoms with Crippen molar-refractivity contribution in [2.75, 3.05) is 26.2 Å². The number of carbonyl (C=O) groups is 2. The number of benzene rings is 1. The highest BCUT2D eigenvalue weighted by Crippen LogP contribution is 2.16. The van der Waals surface area contributed by atoms with E-state index in [1.165, 1.54) is 0 Å². The number of likely N-dealkylation sites (tertiary alicyclic amines) is 1. The van der Waals surface area contributed by atoms with Gasteiger partial charge in [-0.15, -0.1) is 0 Å². The highest BCUT2D eigenvalue weighted by atomic mass is 127. The Balaban J connectivity index is 1.70. The first-order valence-electron chi connectivity index (χ1n) is 8.80. The number of nitrogens with one attached hydrogen (secondary N) is 2. The third-order valence-electron chi connectivity index (χ3n) is 4.23. The lowest BCUT2D eigenvalue weighted by atomic mass is 9.96. The number of hydrogen-bond donors (Lipinski definition) is 2. The molecule has 0 aliphatic carbocycles. The van der Waals surface area contributed by atoms with Crippen molar-refractivity contribution in [2.45, 2.75) is 39.2 Å². The van der Waals surface area contributed by atoms with Crippen molar-refractivity contribution in [3.8, 4) is 0 Å². The molecular formula is C19H28IN3O2. The molecule has 1 fully saturated rings. The van der Waals surface area contributed by atoms with Gasteiger partial charge in [0, 0.05) is 21.2 Å². The molecule has 25 heavy (non-hydrogen) atoms. The zero-order valence-electron chi connectivity index (χ0n) is 15.3. The minimum atomic E-state index is -0.186. The summed E-state index contributed by atoms with van der Waals surface area (Å²) in [5, 5.41) is 6.04. The first-order valence-corrected chi connectivity index (χ1v) is 9.88. The molecule has 2 N–H and O–H groups in total. The zero-order chi connectivity index (χ0) is 18.4. The molecule has 138 valence electrons. The van der Waals surface area contributed by atoms with Crippen LogP contribution in [0.15, 0.2) is 24.3 Å². The second-order valence-electron chi connectivity index (χ2n) is 7.74. The van der Waals surface area contributed by atoms with Gasteiger partial charge in [-0.05, 0) is 93.4 Å². The minimum absolute atomic E-state index is 0.00880. The predicted molar refractivity (Wildman–Crippen MR) is 109 cm³/mol. The molecule has 1 saturated heterocycles. The van der Waals surface area contributed by atoms with Gasteiger partial charge in [0.2, 0.25) is 5.91 Å². The van der Waals surface area contributed by atoms with Crippen molar-refractivity contribution < 1.29 is 9.59 Å². The third-order valence-corrected chi connectivity index (χ3v) is 4.90. The summed E-state index contributed by atoms with van der Waals surface area (Å²) < 4.78 is 1.06. The molecule has 0 spiro atoms. The van der Waals surface area contributed by atoms with Crippen molar-refractivity contribution in [2.24, 2.45) is 5.92 Å². The molecule has 1 aromatic carbocycles. The van der Waals surface area contributed by atoms with Gasteiger partial charge in [-0.3, -0.25) is 14.5 Å². The monoisotopic (exact) mass is 457 g/mol. The molecule has 5 nitrogen and oxygen atoms in total. The average Bonchev–Trinajstić information content (AvgIpc) is 2.52. The number of nitrogens with zero attached hydrogens (tertiary/aromatic N) is 1. The van der Waals surface area contributed by atoms with Crippen LogP contribution in [0.3, 0.4) is 0 Å². The maximum Gasteiger partial charge on any atom is 0.251 e. The summed E-state index contributed by atoms with van der Waals surface area (Å²) in [5.74, 6) is 0.553. The smallest absolute Gasteiger partial charge is 0.251 e. The Bertz CT molecular complexity index is 605. The van der Waals surface area contributed by atoms with Crippen molar-refractivity contribution in [3.05, 3.63) is 33.4 Å². The van der Waals surface area contributed by atoms with Crippen LogP contribution in [0.4, 0.5) is 0 Å². The van der Waals surface area contributed by atoms with Crippen LogP contribution in [0.25, 0.3) is 0 Å². The summed E-state index contributed by atoms with van der Waals surface area (Å²) >= 11 is 2.21. The minimum Gasteiger partial charge on any atom is -0.352 e. The van der Waals surface area contributed by atoms with Gasteiger partial charge < -0.3 is 10.6 Å². The molecule has 6 heteroatoms. The van der Waals surface area contributed by atoms with E-state index in [-0.39, 0.29) is 17.4 Å². The van der Waals surface area contributed by atoms with E-state index in [0.29, 0.717) is 24.6 Å². The molecule has 0 saturated carbocycles. The molecular weight excluding hydrogens is 429 g/mol. The summed E-state index contributed by atoms with van der Waals surface area (Å²) in [7, 11) is 0. The molecule has 1 aliphatic rings. The van der Waals surface area contributed by atoms with Crippen LogP contribution in [0.5, 0.6) is 0 Å². The van der Waals surface area contributed by atoms with E-state index in [0.717, 1.165) is 29.5 Å². The van der Waals surface area contributed by atoms with E-state index in [9.17, 15) is 9.59 Å². The Morgan fingerprint density at radius 3 is 2.52 bits per heavy atom. The molecule has 1 aromatic rings. The lowest BCUT2D eigenvalue weighted by molar-refractivity contribution is -0.124. The fourth-order valence-electron chi connectivity index (χ4n) is 2.98. The number of rotatable bonds is 5. The quantitative estimate of drug-likeness (QED) is 0.669. The van der Waals surface area contributed by atoms with Gasteiger partial charge in [0.1, 0.15) is 0 Å². The van der Waals surface area contributed by atoms with E-state index >= 15 is 0 Å². The summed E-state index contributed by atoms with van der Waals surface area (Å²) in [6, 6.07) is 7.61. The second kappa shape index (κ2) is 8.98. The molecule has 2 amide bonds. The molecule has 0 radical (unpaired) electrons. The third kappa shape index (κ3) is 7.32. The van der Waals surface area contributed by atoms with Crippen LogP contribution in [0.1, 0.15) is 44.0 Å². The van der Waals surface area contributed by atoms with Crippen LogP contribution in [-0.4, -0.2) is 48.4 Å². The van der Waals surface area contributed by atoms with Crippen LogP contribution in [0, 0.1) is 9.49 Å². The Morgan fingerprint density at radius 1 is 1.24 bits per heavy atom. The molecule has 2 rings (SSSR count). The Morgan fingerprint density at radius 2 is 1.92 bits per heavy atom. The van der Waals surface area contributed by atoms with E-state index in [1.54, 1.807) is 0 Å². The lowest BCUT2D eigenvalue weighted by Gasteiger charge is -2.32. The molecule has 0 bridgehead atoms. The van der Waals surface area contributed by atoms with Crippen molar-refractivity contribution in [3.63, 3.8) is 0 Å². The van der Waals surface area contributed by atoms with Crippen LogP contribution >= 0.6 is 22.6 Å². The fraction of sp³-hybridized carbons (Fsp3) is 0.579. The zero-order valence-corrected chi connectivity index (χ0v) is 17.4. The lowest BCUT2D eigenvalue weighted by Crippen LogP contribution is -2.48. The Hall–Kier alpha value is -1.15. The van der Waals surface area contributed by atoms with E-state index in [1.807, 2.05) is 45.0 Å². The largest absolute Gasteiger partial charge is 0.352 e. The fourth-order valence-corrected chi connectivity index (χ4v) is 3.52. The maximum atomic E-state index is 12.2. The van der Waals surface area contributed by atoms with Gasteiger partial charge >= 0.3 is 0 Å². The Labute approximate surface area is 164 Å². The number of carbonyl (C=O) groups excluding carboxylic acids is 2.